The highest BCUT2D eigenvalue weighted by atomic mass is 16.6. The molecule has 0 amide bonds. The summed E-state index contributed by atoms with van der Waals surface area (Å²) < 4.78 is 12.8. The standard InChI is InChI=1S/C36H34O4/c1-21(2)25-17-11-19-27-29(25)32-30-26(22(3)4)18-12-20-28(30)31(27)33(39-35(37)23-13-7-5-8-14-23)34(32)40-36(38)24-15-9-6-10-16-24/h5-22,31-34H,1-4H3/t31-,32-,33?,34?. The number of fused-ring (bicyclic) bond motifs is 1. The molecule has 0 saturated carbocycles. The summed E-state index contributed by atoms with van der Waals surface area (Å²) in [6, 6.07) is 31.0. The van der Waals surface area contributed by atoms with Crippen molar-refractivity contribution in [2.45, 2.75) is 63.6 Å². The molecule has 7 rings (SSSR count). The predicted octanol–water partition coefficient (Wildman–Crippen LogP) is 7.98. The maximum atomic E-state index is 13.6. The molecule has 2 atom stereocenters. The second kappa shape index (κ2) is 10.4. The molecule has 0 saturated heterocycles. The molecular formula is C36H34O4. The quantitative estimate of drug-likeness (QED) is 0.237. The van der Waals surface area contributed by atoms with E-state index in [0.717, 1.165) is 11.1 Å². The van der Waals surface area contributed by atoms with Crippen LogP contribution in [0.4, 0.5) is 0 Å². The fourth-order valence-corrected chi connectivity index (χ4v) is 6.65. The van der Waals surface area contributed by atoms with E-state index in [9.17, 15) is 9.59 Å². The second-order valence-electron chi connectivity index (χ2n) is 11.4. The van der Waals surface area contributed by atoms with E-state index in [0.29, 0.717) is 11.1 Å². The zero-order valence-corrected chi connectivity index (χ0v) is 23.3. The van der Waals surface area contributed by atoms with Crippen LogP contribution in [0.1, 0.15) is 105 Å². The van der Waals surface area contributed by atoms with Crippen LogP contribution in [0, 0.1) is 0 Å². The van der Waals surface area contributed by atoms with Crippen LogP contribution in [0.3, 0.4) is 0 Å². The van der Waals surface area contributed by atoms with E-state index in [-0.39, 0.29) is 23.7 Å². The van der Waals surface area contributed by atoms with Crippen LogP contribution in [-0.4, -0.2) is 24.1 Å². The molecule has 0 radical (unpaired) electrons. The molecule has 2 unspecified atom stereocenters. The Morgan fingerprint density at radius 1 is 0.525 bits per heavy atom. The van der Waals surface area contributed by atoms with Gasteiger partial charge in [0.25, 0.3) is 0 Å². The third-order valence-corrected chi connectivity index (χ3v) is 8.37. The van der Waals surface area contributed by atoms with E-state index in [1.54, 1.807) is 24.3 Å². The number of hydrogen-bond donors (Lipinski definition) is 0. The summed E-state index contributed by atoms with van der Waals surface area (Å²) in [5, 5.41) is 0. The summed E-state index contributed by atoms with van der Waals surface area (Å²) in [5.74, 6) is -0.783. The molecule has 0 heterocycles. The Labute approximate surface area is 236 Å². The number of rotatable bonds is 6. The van der Waals surface area contributed by atoms with E-state index in [4.69, 9.17) is 9.47 Å². The Hall–Kier alpha value is -4.18. The second-order valence-corrected chi connectivity index (χ2v) is 11.4. The van der Waals surface area contributed by atoms with E-state index >= 15 is 0 Å². The molecule has 4 aromatic rings. The topological polar surface area (TPSA) is 52.6 Å². The highest BCUT2D eigenvalue weighted by molar-refractivity contribution is 5.91. The Kier molecular flexibility index (Phi) is 6.79. The van der Waals surface area contributed by atoms with Crippen molar-refractivity contribution in [3.8, 4) is 0 Å². The van der Waals surface area contributed by atoms with Crippen molar-refractivity contribution < 1.29 is 19.1 Å². The zero-order valence-electron chi connectivity index (χ0n) is 23.3. The van der Waals surface area contributed by atoms with E-state index in [1.807, 2.05) is 36.4 Å². The van der Waals surface area contributed by atoms with Gasteiger partial charge in [-0.2, -0.15) is 0 Å². The molecule has 0 N–H and O–H groups in total. The van der Waals surface area contributed by atoms with Crippen molar-refractivity contribution in [2.24, 2.45) is 0 Å². The van der Waals surface area contributed by atoms with Crippen molar-refractivity contribution >= 4 is 11.9 Å². The Morgan fingerprint density at radius 3 is 1.32 bits per heavy atom. The molecular weight excluding hydrogens is 496 g/mol. The smallest absolute Gasteiger partial charge is 0.338 e. The maximum Gasteiger partial charge on any atom is 0.338 e. The van der Waals surface area contributed by atoms with Crippen molar-refractivity contribution in [2.75, 3.05) is 0 Å². The summed E-state index contributed by atoms with van der Waals surface area (Å²) in [6.45, 7) is 8.80. The Balaban J connectivity index is 1.56. The SMILES string of the molecule is CC(C)c1cccc2c1[C@H]1c3c(C(C)C)cccc3[C@H]2C(OC(=O)c2ccccc2)C1OC(=O)c1ccccc1. The van der Waals surface area contributed by atoms with E-state index in [1.165, 1.54) is 22.3 Å². The molecule has 4 aromatic carbocycles. The van der Waals surface area contributed by atoms with Crippen molar-refractivity contribution in [1.29, 1.82) is 0 Å². The molecule has 0 aliphatic heterocycles. The number of ether oxygens (including phenoxy) is 2. The third kappa shape index (κ3) is 4.32. The van der Waals surface area contributed by atoms with Crippen molar-refractivity contribution in [1.82, 2.24) is 0 Å². The minimum atomic E-state index is -0.676. The Bertz CT molecular complexity index is 1500. The molecule has 202 valence electrons. The normalized spacial score (nSPS) is 20.6. The van der Waals surface area contributed by atoms with Crippen LogP contribution < -0.4 is 0 Å². The van der Waals surface area contributed by atoms with E-state index < -0.39 is 24.1 Å². The molecule has 2 bridgehead atoms. The monoisotopic (exact) mass is 530 g/mol. The number of hydrogen-bond acceptors (Lipinski definition) is 4. The molecule has 3 aliphatic rings. The minimum Gasteiger partial charge on any atom is -0.454 e. The first-order valence-corrected chi connectivity index (χ1v) is 14.1. The van der Waals surface area contributed by atoms with Gasteiger partial charge in [0.1, 0.15) is 0 Å². The van der Waals surface area contributed by atoms with Gasteiger partial charge >= 0.3 is 11.9 Å². The van der Waals surface area contributed by atoms with Crippen molar-refractivity contribution in [3.63, 3.8) is 0 Å². The zero-order chi connectivity index (χ0) is 28.0. The van der Waals surface area contributed by atoms with Gasteiger partial charge in [0, 0.05) is 0 Å². The lowest BCUT2D eigenvalue weighted by Gasteiger charge is -2.50. The summed E-state index contributed by atoms with van der Waals surface area (Å²) in [6.07, 6.45) is -1.35. The minimum absolute atomic E-state index is 0.256. The average Bonchev–Trinajstić information content (AvgIpc) is 2.98. The lowest BCUT2D eigenvalue weighted by molar-refractivity contribution is -0.0560. The summed E-state index contributed by atoms with van der Waals surface area (Å²) >= 11 is 0. The van der Waals surface area contributed by atoms with Crippen molar-refractivity contribution in [3.05, 3.63) is 142 Å². The van der Waals surface area contributed by atoms with Gasteiger partial charge in [-0.3, -0.25) is 0 Å². The molecule has 0 spiro atoms. The van der Waals surface area contributed by atoms with Gasteiger partial charge in [-0.1, -0.05) is 100 Å². The summed E-state index contributed by atoms with van der Waals surface area (Å²) in [4.78, 5) is 27.1. The lowest BCUT2D eigenvalue weighted by Crippen LogP contribution is -2.52. The third-order valence-electron chi connectivity index (χ3n) is 8.37. The van der Waals surface area contributed by atoms with Crippen LogP contribution in [0.2, 0.25) is 0 Å². The van der Waals surface area contributed by atoms with Gasteiger partial charge in [-0.15, -0.1) is 0 Å². The van der Waals surface area contributed by atoms with Gasteiger partial charge in [0.05, 0.1) is 23.0 Å². The molecule has 3 aliphatic carbocycles. The highest BCUT2D eigenvalue weighted by Crippen LogP contribution is 2.58. The maximum absolute atomic E-state index is 13.6. The molecule has 40 heavy (non-hydrogen) atoms. The van der Waals surface area contributed by atoms with Gasteiger partial charge in [0.15, 0.2) is 12.2 Å². The average molecular weight is 531 g/mol. The van der Waals surface area contributed by atoms with Crippen LogP contribution in [0.25, 0.3) is 0 Å². The number of carbonyl (C=O) groups is 2. The lowest BCUT2D eigenvalue weighted by atomic mass is 9.58. The number of esters is 2. The van der Waals surface area contributed by atoms with Crippen LogP contribution in [0.15, 0.2) is 97.1 Å². The van der Waals surface area contributed by atoms with Crippen LogP contribution >= 0.6 is 0 Å². The molecule has 0 aromatic heterocycles. The number of carbonyl (C=O) groups excluding carboxylic acids is 2. The summed E-state index contributed by atoms with van der Waals surface area (Å²) in [5.41, 5.74) is 8.17. The molecule has 4 heteroatoms. The first-order valence-electron chi connectivity index (χ1n) is 14.1. The van der Waals surface area contributed by atoms with Crippen LogP contribution in [0.5, 0.6) is 0 Å². The highest BCUT2D eigenvalue weighted by Gasteiger charge is 2.55. The van der Waals surface area contributed by atoms with Crippen LogP contribution in [-0.2, 0) is 9.47 Å². The van der Waals surface area contributed by atoms with Gasteiger partial charge in [-0.25, -0.2) is 9.59 Å². The van der Waals surface area contributed by atoms with E-state index in [2.05, 4.69) is 64.1 Å². The van der Waals surface area contributed by atoms with Gasteiger partial charge < -0.3 is 9.47 Å². The van der Waals surface area contributed by atoms with Gasteiger partial charge in [-0.05, 0) is 69.5 Å². The first-order chi connectivity index (χ1) is 19.4. The Morgan fingerprint density at radius 2 is 0.925 bits per heavy atom. The number of benzene rings is 4. The summed E-state index contributed by atoms with van der Waals surface area (Å²) in [7, 11) is 0. The molecule has 4 nitrogen and oxygen atoms in total. The first kappa shape index (κ1) is 26.1. The molecule has 0 fully saturated rings. The largest absolute Gasteiger partial charge is 0.454 e. The fraction of sp³-hybridized carbons (Fsp3) is 0.278. The predicted molar refractivity (Wildman–Crippen MR) is 156 cm³/mol. The fourth-order valence-electron chi connectivity index (χ4n) is 6.65. The van der Waals surface area contributed by atoms with Gasteiger partial charge in [0.2, 0.25) is 0 Å².